The van der Waals surface area contributed by atoms with Crippen LogP contribution in [-0.4, -0.2) is 19.1 Å². The van der Waals surface area contributed by atoms with Crippen molar-refractivity contribution in [3.8, 4) is 0 Å². The monoisotopic (exact) mass is 340 g/mol. The number of aliphatic carboxylic acids is 1. The molecule has 0 aromatic heterocycles. The maximum absolute atomic E-state index is 11.8. The van der Waals surface area contributed by atoms with Gasteiger partial charge in [-0.15, -0.1) is 0 Å². The predicted octanol–water partition coefficient (Wildman–Crippen LogP) is 6.97. The van der Waals surface area contributed by atoms with E-state index in [9.17, 15) is 9.90 Å². The number of hydrogen-bond acceptors (Lipinski definition) is 1. The lowest BCUT2D eigenvalue weighted by Crippen LogP contribution is -2.37. The molecule has 0 saturated heterocycles. The largest absolute Gasteiger partial charge is 0.478 e. The summed E-state index contributed by atoms with van der Waals surface area (Å²) in [7, 11) is -1.80. The van der Waals surface area contributed by atoms with E-state index >= 15 is 0 Å². The third-order valence-corrected chi connectivity index (χ3v) is 9.58. The molecule has 23 heavy (non-hydrogen) atoms. The first kappa shape index (κ1) is 22.4. The number of carboxylic acid groups (broad SMARTS) is 1. The second kappa shape index (κ2) is 13.8. The molecule has 2 nitrogen and oxygen atoms in total. The van der Waals surface area contributed by atoms with Gasteiger partial charge in [0.1, 0.15) is 0 Å². The average molecular weight is 341 g/mol. The summed E-state index contributed by atoms with van der Waals surface area (Å²) in [6.07, 6.45) is 15.3. The van der Waals surface area contributed by atoms with Crippen LogP contribution in [0.15, 0.2) is 11.3 Å². The standard InChI is InChI=1S/C20H40O2Si/c1-5-8-11-12-13-14-15-16-19(20(21)22)23(4,17-9-6-2)18-10-7-3/h16H,5-15,17-18H2,1-4H3,(H,21,22). The lowest BCUT2D eigenvalue weighted by molar-refractivity contribution is -0.132. The highest BCUT2D eigenvalue weighted by molar-refractivity contribution is 6.89. The molecule has 0 atom stereocenters. The number of rotatable bonds is 15. The van der Waals surface area contributed by atoms with Crippen molar-refractivity contribution < 1.29 is 9.90 Å². The Labute approximate surface area is 145 Å². The highest BCUT2D eigenvalue weighted by atomic mass is 28.3. The number of carbonyl (C=O) groups is 1. The van der Waals surface area contributed by atoms with E-state index in [1.807, 2.05) is 0 Å². The Morgan fingerprint density at radius 1 is 0.826 bits per heavy atom. The molecule has 0 spiro atoms. The quantitative estimate of drug-likeness (QED) is 0.199. The maximum atomic E-state index is 11.8. The summed E-state index contributed by atoms with van der Waals surface area (Å²) in [4.78, 5) is 11.8. The van der Waals surface area contributed by atoms with E-state index in [4.69, 9.17) is 0 Å². The van der Waals surface area contributed by atoms with Crippen molar-refractivity contribution in [1.29, 1.82) is 0 Å². The summed E-state index contributed by atoms with van der Waals surface area (Å²) >= 11 is 0. The Morgan fingerprint density at radius 3 is 1.78 bits per heavy atom. The fraction of sp³-hybridized carbons (Fsp3) is 0.850. The van der Waals surface area contributed by atoms with Gasteiger partial charge in [-0.25, -0.2) is 4.79 Å². The van der Waals surface area contributed by atoms with Gasteiger partial charge in [0.15, 0.2) is 0 Å². The van der Waals surface area contributed by atoms with E-state index in [2.05, 4.69) is 33.4 Å². The molecule has 136 valence electrons. The minimum Gasteiger partial charge on any atom is -0.478 e. The van der Waals surface area contributed by atoms with Gasteiger partial charge in [0, 0.05) is 5.20 Å². The summed E-state index contributed by atoms with van der Waals surface area (Å²) in [5, 5.41) is 10.6. The molecule has 0 heterocycles. The molecule has 1 N–H and O–H groups in total. The van der Waals surface area contributed by atoms with Crippen LogP contribution in [0.1, 0.15) is 91.4 Å². The molecular weight excluding hydrogens is 300 g/mol. The molecule has 0 aliphatic heterocycles. The smallest absolute Gasteiger partial charge is 0.327 e. The van der Waals surface area contributed by atoms with Crippen molar-refractivity contribution in [2.75, 3.05) is 0 Å². The maximum Gasteiger partial charge on any atom is 0.327 e. The summed E-state index contributed by atoms with van der Waals surface area (Å²) in [6.45, 7) is 8.95. The highest BCUT2D eigenvalue weighted by Gasteiger charge is 2.34. The Kier molecular flexibility index (Phi) is 13.5. The molecule has 0 aliphatic carbocycles. The van der Waals surface area contributed by atoms with Crippen LogP contribution < -0.4 is 0 Å². The topological polar surface area (TPSA) is 37.3 Å². The van der Waals surface area contributed by atoms with Gasteiger partial charge in [-0.05, 0) is 12.8 Å². The third kappa shape index (κ3) is 10.0. The molecular formula is C20H40O2Si. The van der Waals surface area contributed by atoms with Crippen molar-refractivity contribution in [2.24, 2.45) is 0 Å². The minimum atomic E-state index is -1.80. The SMILES string of the molecule is CCCCCCCCC=C(C(=O)O)[Si](C)(CCCC)CCCC. The second-order valence-electron chi connectivity index (χ2n) is 7.25. The van der Waals surface area contributed by atoms with Gasteiger partial charge in [0.25, 0.3) is 0 Å². The first-order valence-electron chi connectivity index (χ1n) is 9.95. The number of unbranched alkanes of at least 4 members (excludes halogenated alkanes) is 8. The number of allylic oxidation sites excluding steroid dienone is 1. The molecule has 3 heteroatoms. The normalized spacial score (nSPS) is 12.6. The first-order chi connectivity index (χ1) is 11.0. The Hall–Kier alpha value is -0.573. The second-order valence-corrected chi connectivity index (χ2v) is 11.9. The summed E-state index contributed by atoms with van der Waals surface area (Å²) in [5.74, 6) is -0.641. The Balaban J connectivity index is 4.66. The van der Waals surface area contributed by atoms with Crippen molar-refractivity contribution in [3.05, 3.63) is 11.3 Å². The zero-order valence-electron chi connectivity index (χ0n) is 16.1. The van der Waals surface area contributed by atoms with Crippen molar-refractivity contribution in [2.45, 2.75) is 110 Å². The summed E-state index contributed by atoms with van der Waals surface area (Å²) < 4.78 is 0. The number of hydrogen-bond donors (Lipinski definition) is 1. The zero-order chi connectivity index (χ0) is 17.6. The van der Waals surface area contributed by atoms with Crippen molar-refractivity contribution >= 4 is 14.0 Å². The average Bonchev–Trinajstić information content (AvgIpc) is 2.53. The zero-order valence-corrected chi connectivity index (χ0v) is 17.1. The lowest BCUT2D eigenvalue weighted by Gasteiger charge is -2.28. The van der Waals surface area contributed by atoms with Gasteiger partial charge in [-0.1, -0.05) is 103 Å². The molecule has 0 unspecified atom stereocenters. The summed E-state index contributed by atoms with van der Waals surface area (Å²) in [5.41, 5.74) is 0. The van der Waals surface area contributed by atoms with Crippen molar-refractivity contribution in [3.63, 3.8) is 0 Å². The van der Waals surface area contributed by atoms with E-state index in [0.717, 1.165) is 30.1 Å². The lowest BCUT2D eigenvalue weighted by atomic mass is 10.1. The molecule has 0 saturated carbocycles. The van der Waals surface area contributed by atoms with Crippen LogP contribution in [0.3, 0.4) is 0 Å². The van der Waals surface area contributed by atoms with Crippen LogP contribution in [0, 0.1) is 0 Å². The van der Waals surface area contributed by atoms with Gasteiger partial charge in [-0.3, -0.25) is 0 Å². The Bertz CT molecular complexity index is 329. The molecule has 0 rings (SSSR count). The van der Waals surface area contributed by atoms with E-state index in [0.29, 0.717) is 0 Å². The van der Waals surface area contributed by atoms with Gasteiger partial charge in [-0.2, -0.15) is 0 Å². The molecule has 0 aliphatic rings. The molecule has 0 aromatic carbocycles. The van der Waals surface area contributed by atoms with Gasteiger partial charge in [0.05, 0.1) is 8.07 Å². The van der Waals surface area contributed by atoms with E-state index in [-0.39, 0.29) is 0 Å². The van der Waals surface area contributed by atoms with Crippen molar-refractivity contribution in [1.82, 2.24) is 0 Å². The van der Waals surface area contributed by atoms with Gasteiger partial charge >= 0.3 is 5.97 Å². The predicted molar refractivity (Wildman–Crippen MR) is 105 cm³/mol. The van der Waals surface area contributed by atoms with Crippen LogP contribution >= 0.6 is 0 Å². The fourth-order valence-corrected chi connectivity index (χ4v) is 7.50. The Morgan fingerprint density at radius 2 is 1.30 bits per heavy atom. The van der Waals surface area contributed by atoms with Crippen LogP contribution in [-0.2, 0) is 4.79 Å². The molecule has 0 fully saturated rings. The first-order valence-corrected chi connectivity index (χ1v) is 12.9. The minimum absolute atomic E-state index is 0.641. The molecule has 0 amide bonds. The number of carboxylic acids is 1. The van der Waals surface area contributed by atoms with Crippen LogP contribution in [0.2, 0.25) is 18.6 Å². The fourth-order valence-electron chi connectivity index (χ4n) is 3.29. The van der Waals surface area contributed by atoms with Crippen LogP contribution in [0.25, 0.3) is 0 Å². The van der Waals surface area contributed by atoms with Gasteiger partial charge in [0.2, 0.25) is 0 Å². The van der Waals surface area contributed by atoms with E-state index in [1.54, 1.807) is 0 Å². The van der Waals surface area contributed by atoms with Gasteiger partial charge < -0.3 is 5.11 Å². The molecule has 0 radical (unpaired) electrons. The van der Waals surface area contributed by atoms with Crippen LogP contribution in [0.4, 0.5) is 0 Å². The van der Waals surface area contributed by atoms with Crippen LogP contribution in [0.5, 0.6) is 0 Å². The highest BCUT2D eigenvalue weighted by Crippen LogP contribution is 2.30. The van der Waals surface area contributed by atoms with E-state index < -0.39 is 14.0 Å². The molecule has 0 aromatic rings. The van der Waals surface area contributed by atoms with E-state index in [1.165, 1.54) is 57.8 Å². The molecule has 0 bridgehead atoms. The summed E-state index contributed by atoms with van der Waals surface area (Å²) in [6, 6.07) is 2.27. The third-order valence-electron chi connectivity index (χ3n) is 4.95.